The van der Waals surface area contributed by atoms with Crippen molar-refractivity contribution in [2.24, 2.45) is 5.10 Å². The highest BCUT2D eigenvalue weighted by molar-refractivity contribution is 5.87. The van der Waals surface area contributed by atoms with E-state index in [1.165, 1.54) is 20.4 Å². The number of nitrogens with one attached hydrogen (secondary N) is 1. The molecule has 2 rings (SSSR count). The normalized spacial score (nSPS) is 11.7. The molecular formula is C24H32N2O6. The van der Waals surface area contributed by atoms with Crippen molar-refractivity contribution in [1.82, 2.24) is 5.43 Å². The van der Waals surface area contributed by atoms with Gasteiger partial charge in [0, 0.05) is 11.6 Å². The molecule has 1 N–H and O–H groups in total. The van der Waals surface area contributed by atoms with E-state index in [2.05, 4.69) is 17.5 Å². The Morgan fingerprint density at radius 2 is 1.59 bits per heavy atom. The average Bonchev–Trinajstić information content (AvgIpc) is 2.82. The van der Waals surface area contributed by atoms with Gasteiger partial charge in [-0.1, -0.05) is 19.8 Å². The number of methoxy groups -OCH3 is 3. The molecule has 0 saturated carbocycles. The molecule has 0 bridgehead atoms. The monoisotopic (exact) mass is 444 g/mol. The number of carbonyl (C=O) groups is 1. The smallest absolute Gasteiger partial charge is 0.280 e. The SMILES string of the molecule is CCCCCOc1ccc(OC(C)C(=O)N/N=C/c2cc(OC)c(OC)cc2OC)cc1. The van der Waals surface area contributed by atoms with Crippen LogP contribution in [0.1, 0.15) is 38.7 Å². The van der Waals surface area contributed by atoms with Crippen LogP contribution in [0.15, 0.2) is 41.5 Å². The van der Waals surface area contributed by atoms with Crippen molar-refractivity contribution in [3.8, 4) is 28.7 Å². The number of carbonyl (C=O) groups excluding carboxylic acids is 1. The minimum Gasteiger partial charge on any atom is -0.496 e. The van der Waals surface area contributed by atoms with Gasteiger partial charge < -0.3 is 23.7 Å². The van der Waals surface area contributed by atoms with Crippen molar-refractivity contribution in [1.29, 1.82) is 0 Å². The first-order valence-corrected chi connectivity index (χ1v) is 10.5. The summed E-state index contributed by atoms with van der Waals surface area (Å²) < 4.78 is 27.3. The van der Waals surface area contributed by atoms with Gasteiger partial charge in [0.15, 0.2) is 17.6 Å². The molecule has 0 aromatic heterocycles. The van der Waals surface area contributed by atoms with Gasteiger partial charge in [0.05, 0.1) is 34.2 Å². The molecule has 1 amide bonds. The zero-order chi connectivity index (χ0) is 23.3. The van der Waals surface area contributed by atoms with Gasteiger partial charge in [-0.2, -0.15) is 5.10 Å². The molecule has 1 atom stereocenters. The van der Waals surface area contributed by atoms with Crippen LogP contribution in [0.3, 0.4) is 0 Å². The predicted molar refractivity (Wildman–Crippen MR) is 123 cm³/mol. The first kappa shape index (κ1) is 24.8. The van der Waals surface area contributed by atoms with Gasteiger partial charge in [0.2, 0.25) is 0 Å². The maximum Gasteiger partial charge on any atom is 0.280 e. The first-order chi connectivity index (χ1) is 15.5. The van der Waals surface area contributed by atoms with E-state index in [0.717, 1.165) is 25.0 Å². The number of benzene rings is 2. The number of unbranched alkanes of at least 4 members (excludes halogenated alkanes) is 2. The molecular weight excluding hydrogens is 412 g/mol. The fraction of sp³-hybridized carbons (Fsp3) is 0.417. The van der Waals surface area contributed by atoms with Crippen LogP contribution in [0.4, 0.5) is 0 Å². The average molecular weight is 445 g/mol. The van der Waals surface area contributed by atoms with Crippen LogP contribution in [0, 0.1) is 0 Å². The molecule has 2 aromatic carbocycles. The Balaban J connectivity index is 1.91. The number of amides is 1. The molecule has 32 heavy (non-hydrogen) atoms. The van der Waals surface area contributed by atoms with Gasteiger partial charge in [-0.15, -0.1) is 0 Å². The summed E-state index contributed by atoms with van der Waals surface area (Å²) in [6.45, 7) is 4.49. The molecule has 0 aliphatic heterocycles. The van der Waals surface area contributed by atoms with E-state index >= 15 is 0 Å². The highest BCUT2D eigenvalue weighted by atomic mass is 16.5. The summed E-state index contributed by atoms with van der Waals surface area (Å²) >= 11 is 0. The molecule has 8 nitrogen and oxygen atoms in total. The van der Waals surface area contributed by atoms with Gasteiger partial charge in [0.25, 0.3) is 5.91 Å². The standard InChI is InChI=1S/C24H32N2O6/c1-6-7-8-13-31-19-9-11-20(12-10-19)32-17(2)24(27)26-25-16-18-14-22(29-4)23(30-5)15-21(18)28-3/h9-12,14-17H,6-8,13H2,1-5H3,(H,26,27)/b25-16+. The maximum atomic E-state index is 12.3. The molecule has 174 valence electrons. The number of nitrogens with zero attached hydrogens (tertiary/aromatic N) is 1. The number of hydrazone groups is 1. The van der Waals surface area contributed by atoms with E-state index < -0.39 is 6.10 Å². The molecule has 2 aromatic rings. The Kier molecular flexibility index (Phi) is 10.2. The van der Waals surface area contributed by atoms with Crippen LogP contribution >= 0.6 is 0 Å². The molecule has 0 aliphatic carbocycles. The van der Waals surface area contributed by atoms with Crippen LogP contribution < -0.4 is 29.1 Å². The highest BCUT2D eigenvalue weighted by Gasteiger charge is 2.15. The molecule has 0 saturated heterocycles. The molecule has 0 fully saturated rings. The number of hydrogen-bond donors (Lipinski definition) is 1. The minimum absolute atomic E-state index is 0.388. The lowest BCUT2D eigenvalue weighted by atomic mass is 10.2. The summed E-state index contributed by atoms with van der Waals surface area (Å²) in [6.07, 6.45) is 4.06. The largest absolute Gasteiger partial charge is 0.496 e. The van der Waals surface area contributed by atoms with Gasteiger partial charge in [0.1, 0.15) is 17.2 Å². The summed E-state index contributed by atoms with van der Waals surface area (Å²) in [7, 11) is 4.62. The zero-order valence-corrected chi connectivity index (χ0v) is 19.3. The summed E-state index contributed by atoms with van der Waals surface area (Å²) in [4.78, 5) is 12.3. The fourth-order valence-electron chi connectivity index (χ4n) is 2.82. The topological polar surface area (TPSA) is 87.6 Å². The van der Waals surface area contributed by atoms with E-state index in [0.29, 0.717) is 35.2 Å². The van der Waals surface area contributed by atoms with Crippen LogP contribution in [0.5, 0.6) is 28.7 Å². The van der Waals surface area contributed by atoms with E-state index in [1.807, 2.05) is 12.1 Å². The van der Waals surface area contributed by atoms with Gasteiger partial charge in [-0.05, 0) is 43.7 Å². The van der Waals surface area contributed by atoms with Gasteiger partial charge >= 0.3 is 0 Å². The number of ether oxygens (including phenoxy) is 5. The number of rotatable bonds is 13. The van der Waals surface area contributed by atoms with Crippen LogP contribution in [0.25, 0.3) is 0 Å². The van der Waals surface area contributed by atoms with Gasteiger partial charge in [-0.25, -0.2) is 5.43 Å². The molecule has 1 unspecified atom stereocenters. The highest BCUT2D eigenvalue weighted by Crippen LogP contribution is 2.33. The summed E-state index contributed by atoms with van der Waals surface area (Å²) in [5, 5.41) is 4.01. The van der Waals surface area contributed by atoms with Crippen molar-refractivity contribution in [2.75, 3.05) is 27.9 Å². The van der Waals surface area contributed by atoms with Crippen molar-refractivity contribution < 1.29 is 28.5 Å². The molecule has 0 spiro atoms. The Bertz CT molecular complexity index is 883. The Labute approximate surface area is 189 Å². The Hall–Kier alpha value is -3.42. The second-order valence-electron chi connectivity index (χ2n) is 6.97. The predicted octanol–water partition coefficient (Wildman–Crippen LogP) is 4.20. The second kappa shape index (κ2) is 13.1. The maximum absolute atomic E-state index is 12.3. The van der Waals surface area contributed by atoms with Crippen LogP contribution in [-0.4, -0.2) is 46.2 Å². The molecule has 0 aliphatic rings. The van der Waals surface area contributed by atoms with Crippen molar-refractivity contribution in [2.45, 2.75) is 39.2 Å². The van der Waals surface area contributed by atoms with Crippen LogP contribution in [0.2, 0.25) is 0 Å². The lowest BCUT2D eigenvalue weighted by Gasteiger charge is -2.14. The van der Waals surface area contributed by atoms with Gasteiger partial charge in [-0.3, -0.25) is 4.79 Å². The zero-order valence-electron chi connectivity index (χ0n) is 19.3. The Morgan fingerprint density at radius 3 is 2.22 bits per heavy atom. The lowest BCUT2D eigenvalue weighted by Crippen LogP contribution is -2.33. The second-order valence-corrected chi connectivity index (χ2v) is 6.97. The number of hydrogen-bond acceptors (Lipinski definition) is 7. The third kappa shape index (κ3) is 7.37. The molecule has 0 radical (unpaired) electrons. The molecule has 8 heteroatoms. The summed E-state index contributed by atoms with van der Waals surface area (Å²) in [5.41, 5.74) is 3.09. The molecule has 0 heterocycles. The quantitative estimate of drug-likeness (QED) is 0.283. The Morgan fingerprint density at radius 1 is 0.969 bits per heavy atom. The third-order valence-electron chi connectivity index (χ3n) is 4.64. The third-order valence-corrected chi connectivity index (χ3v) is 4.64. The summed E-state index contributed by atoms with van der Waals surface area (Å²) in [5.74, 6) is 2.54. The van der Waals surface area contributed by atoms with Crippen molar-refractivity contribution in [3.63, 3.8) is 0 Å². The lowest BCUT2D eigenvalue weighted by molar-refractivity contribution is -0.127. The van der Waals surface area contributed by atoms with E-state index in [4.69, 9.17) is 23.7 Å². The van der Waals surface area contributed by atoms with Crippen LogP contribution in [-0.2, 0) is 4.79 Å². The first-order valence-electron chi connectivity index (χ1n) is 10.5. The van der Waals surface area contributed by atoms with Crippen molar-refractivity contribution >= 4 is 12.1 Å². The van der Waals surface area contributed by atoms with E-state index in [-0.39, 0.29) is 5.91 Å². The van der Waals surface area contributed by atoms with E-state index in [1.54, 1.807) is 38.3 Å². The van der Waals surface area contributed by atoms with E-state index in [9.17, 15) is 4.79 Å². The fourth-order valence-corrected chi connectivity index (χ4v) is 2.82. The minimum atomic E-state index is -0.740. The summed E-state index contributed by atoms with van der Waals surface area (Å²) in [6, 6.07) is 10.6. The van der Waals surface area contributed by atoms with Crippen molar-refractivity contribution in [3.05, 3.63) is 42.0 Å².